The van der Waals surface area contributed by atoms with E-state index in [0.717, 1.165) is 37.1 Å². The first-order chi connectivity index (χ1) is 15.3. The number of ether oxygens (including phenoxy) is 1. The summed E-state index contributed by atoms with van der Waals surface area (Å²) in [5.41, 5.74) is 6.21. The van der Waals surface area contributed by atoms with Crippen molar-refractivity contribution in [1.29, 1.82) is 0 Å². The van der Waals surface area contributed by atoms with Gasteiger partial charge in [0.05, 0.1) is 16.0 Å². The maximum Gasteiger partial charge on any atom is 0.288 e. The van der Waals surface area contributed by atoms with Gasteiger partial charge in [0.25, 0.3) is 11.2 Å². The van der Waals surface area contributed by atoms with Crippen molar-refractivity contribution in [2.24, 2.45) is 0 Å². The largest absolute Gasteiger partial charge is 0.491 e. The molecule has 168 valence electrons. The first kappa shape index (κ1) is 22.3. The van der Waals surface area contributed by atoms with Crippen molar-refractivity contribution in [2.45, 2.75) is 26.7 Å². The number of nitrogens with one attached hydrogen (secondary N) is 2. The molecular weight excluding hydrogens is 432 g/mol. The van der Waals surface area contributed by atoms with Crippen LogP contribution in [0, 0.1) is 24.0 Å². The highest BCUT2D eigenvalue weighted by Gasteiger charge is 2.22. The second kappa shape index (κ2) is 9.28. The number of hydrogen-bond acceptors (Lipinski definition) is 6. The zero-order valence-electron chi connectivity index (χ0n) is 18.0. The van der Waals surface area contributed by atoms with Crippen molar-refractivity contribution in [3.05, 3.63) is 66.9 Å². The zero-order chi connectivity index (χ0) is 22.8. The van der Waals surface area contributed by atoms with Crippen molar-refractivity contribution in [2.75, 3.05) is 26.2 Å². The van der Waals surface area contributed by atoms with E-state index in [1.54, 1.807) is 0 Å². The number of halogens is 1. The highest BCUT2D eigenvalue weighted by Crippen LogP contribution is 2.38. The SMILES string of the molecule is Cc1cc(C)cc(-c2c(OCCN3CCCCN3)c3cc([N+](=O)[O-])c(Cl)cc3[nH]c2=O)c1. The molecule has 0 bridgehead atoms. The maximum absolute atomic E-state index is 13.1. The lowest BCUT2D eigenvalue weighted by Gasteiger charge is -2.27. The van der Waals surface area contributed by atoms with Crippen LogP contribution in [0.1, 0.15) is 24.0 Å². The van der Waals surface area contributed by atoms with E-state index in [-0.39, 0.29) is 16.3 Å². The summed E-state index contributed by atoms with van der Waals surface area (Å²) in [4.78, 5) is 26.9. The molecule has 32 heavy (non-hydrogen) atoms. The predicted molar refractivity (Wildman–Crippen MR) is 125 cm³/mol. The number of aryl methyl sites for hydroxylation is 2. The Bertz CT molecular complexity index is 1210. The number of rotatable bonds is 6. The summed E-state index contributed by atoms with van der Waals surface area (Å²) in [6, 6.07) is 8.61. The topological polar surface area (TPSA) is 100 Å². The Morgan fingerprint density at radius 3 is 2.56 bits per heavy atom. The number of aromatic amines is 1. The molecule has 4 rings (SSSR count). The van der Waals surface area contributed by atoms with E-state index >= 15 is 0 Å². The minimum absolute atomic E-state index is 0.0410. The average Bonchev–Trinajstić information content (AvgIpc) is 2.73. The van der Waals surface area contributed by atoms with Gasteiger partial charge in [0.1, 0.15) is 17.4 Å². The van der Waals surface area contributed by atoms with Crippen LogP contribution < -0.4 is 15.7 Å². The van der Waals surface area contributed by atoms with E-state index in [4.69, 9.17) is 16.3 Å². The summed E-state index contributed by atoms with van der Waals surface area (Å²) < 4.78 is 6.18. The van der Waals surface area contributed by atoms with Gasteiger partial charge in [-0.3, -0.25) is 20.3 Å². The highest BCUT2D eigenvalue weighted by atomic mass is 35.5. The summed E-state index contributed by atoms with van der Waals surface area (Å²) in [5.74, 6) is 0.325. The summed E-state index contributed by atoms with van der Waals surface area (Å²) in [7, 11) is 0. The van der Waals surface area contributed by atoms with Gasteiger partial charge >= 0.3 is 0 Å². The van der Waals surface area contributed by atoms with Gasteiger partial charge in [-0.25, -0.2) is 5.01 Å². The van der Waals surface area contributed by atoms with E-state index in [9.17, 15) is 14.9 Å². The fourth-order valence-electron chi connectivity index (χ4n) is 4.14. The molecule has 0 radical (unpaired) electrons. The van der Waals surface area contributed by atoms with E-state index in [2.05, 4.69) is 15.4 Å². The number of hydrogen-bond donors (Lipinski definition) is 2. The van der Waals surface area contributed by atoms with E-state index in [0.29, 0.717) is 40.9 Å². The number of nitrogens with zero attached hydrogens (tertiary/aromatic N) is 2. The van der Waals surface area contributed by atoms with Crippen LogP contribution in [0.25, 0.3) is 22.0 Å². The Balaban J connectivity index is 1.85. The molecule has 2 N–H and O–H groups in total. The Kier molecular flexibility index (Phi) is 6.45. The average molecular weight is 457 g/mol. The smallest absolute Gasteiger partial charge is 0.288 e. The van der Waals surface area contributed by atoms with Crippen molar-refractivity contribution >= 4 is 28.2 Å². The van der Waals surface area contributed by atoms with Crippen LogP contribution in [-0.2, 0) is 0 Å². The Morgan fingerprint density at radius 1 is 1.16 bits per heavy atom. The van der Waals surface area contributed by atoms with Crippen LogP contribution in [0.5, 0.6) is 5.75 Å². The van der Waals surface area contributed by atoms with Gasteiger partial charge in [-0.05, 0) is 38.3 Å². The first-order valence-corrected chi connectivity index (χ1v) is 10.9. The summed E-state index contributed by atoms with van der Waals surface area (Å²) in [6.07, 6.45) is 2.25. The number of hydrazine groups is 1. The van der Waals surface area contributed by atoms with Crippen molar-refractivity contribution in [3.63, 3.8) is 0 Å². The molecule has 1 aromatic heterocycles. The lowest BCUT2D eigenvalue weighted by atomic mass is 9.99. The monoisotopic (exact) mass is 456 g/mol. The fraction of sp³-hybridized carbons (Fsp3) is 0.348. The molecule has 1 aliphatic rings. The summed E-state index contributed by atoms with van der Waals surface area (Å²) in [5, 5.41) is 14.0. The Hall–Kier alpha value is -2.94. The molecule has 0 amide bonds. The van der Waals surface area contributed by atoms with Crippen LogP contribution in [-0.4, -0.2) is 41.2 Å². The van der Waals surface area contributed by atoms with E-state index in [1.165, 1.54) is 12.1 Å². The highest BCUT2D eigenvalue weighted by molar-refractivity contribution is 6.33. The number of pyridine rings is 1. The molecule has 3 aromatic rings. The lowest BCUT2D eigenvalue weighted by Crippen LogP contribution is -2.45. The lowest BCUT2D eigenvalue weighted by molar-refractivity contribution is -0.384. The van der Waals surface area contributed by atoms with E-state index < -0.39 is 4.92 Å². The van der Waals surface area contributed by atoms with Crippen LogP contribution >= 0.6 is 11.6 Å². The molecule has 1 aliphatic heterocycles. The molecular formula is C23H25ClN4O4. The molecule has 2 heterocycles. The molecule has 2 aromatic carbocycles. The van der Waals surface area contributed by atoms with Gasteiger partial charge in [-0.1, -0.05) is 40.9 Å². The third kappa shape index (κ3) is 4.62. The van der Waals surface area contributed by atoms with Gasteiger partial charge < -0.3 is 9.72 Å². The Labute approximate surface area is 190 Å². The molecule has 0 unspecified atom stereocenters. The normalized spacial score (nSPS) is 14.6. The second-order valence-corrected chi connectivity index (χ2v) is 8.50. The van der Waals surface area contributed by atoms with E-state index in [1.807, 2.05) is 32.0 Å². The third-order valence-electron chi connectivity index (χ3n) is 5.54. The van der Waals surface area contributed by atoms with Crippen LogP contribution in [0.4, 0.5) is 5.69 Å². The van der Waals surface area contributed by atoms with Crippen LogP contribution in [0.2, 0.25) is 5.02 Å². The van der Waals surface area contributed by atoms with Gasteiger partial charge in [0.2, 0.25) is 0 Å². The van der Waals surface area contributed by atoms with Crippen LogP contribution in [0.15, 0.2) is 35.1 Å². The minimum atomic E-state index is -0.537. The molecule has 9 heteroatoms. The predicted octanol–water partition coefficient (Wildman–Crippen LogP) is 4.35. The Morgan fingerprint density at radius 2 is 1.91 bits per heavy atom. The van der Waals surface area contributed by atoms with Crippen LogP contribution in [0.3, 0.4) is 0 Å². The van der Waals surface area contributed by atoms with Crippen molar-refractivity contribution in [1.82, 2.24) is 15.4 Å². The molecule has 1 fully saturated rings. The molecule has 0 atom stereocenters. The van der Waals surface area contributed by atoms with Gasteiger partial charge in [0, 0.05) is 31.1 Å². The fourth-order valence-corrected chi connectivity index (χ4v) is 4.37. The minimum Gasteiger partial charge on any atom is -0.491 e. The van der Waals surface area contributed by atoms with Crippen molar-refractivity contribution < 1.29 is 9.66 Å². The second-order valence-electron chi connectivity index (χ2n) is 8.09. The number of nitro benzene ring substituents is 1. The van der Waals surface area contributed by atoms with Gasteiger partial charge in [-0.2, -0.15) is 0 Å². The molecule has 8 nitrogen and oxygen atoms in total. The first-order valence-electron chi connectivity index (χ1n) is 10.6. The molecule has 1 saturated heterocycles. The van der Waals surface area contributed by atoms with Crippen molar-refractivity contribution in [3.8, 4) is 16.9 Å². The number of aromatic nitrogens is 1. The molecule has 0 spiro atoms. The number of benzene rings is 2. The third-order valence-corrected chi connectivity index (χ3v) is 5.84. The number of H-pyrrole nitrogens is 1. The summed E-state index contributed by atoms with van der Waals surface area (Å²) in [6.45, 7) is 6.70. The standard InChI is InChI=1S/C23H25ClN4O4/c1-14-9-15(2)11-16(10-14)21-22(32-8-7-27-6-4-3-5-25-27)17-12-20(28(30)31)18(24)13-19(17)26-23(21)29/h9-13,25H,3-8H2,1-2H3,(H,26,29). The summed E-state index contributed by atoms with van der Waals surface area (Å²) >= 11 is 6.09. The maximum atomic E-state index is 13.1. The molecule has 0 saturated carbocycles. The van der Waals surface area contributed by atoms with Gasteiger partial charge in [-0.15, -0.1) is 0 Å². The number of nitro groups is 1. The zero-order valence-corrected chi connectivity index (χ0v) is 18.8. The van der Waals surface area contributed by atoms with Gasteiger partial charge in [0.15, 0.2) is 0 Å². The number of fused-ring (bicyclic) bond motifs is 1. The molecule has 0 aliphatic carbocycles. The quantitative estimate of drug-likeness (QED) is 0.422.